The van der Waals surface area contributed by atoms with E-state index in [1.54, 1.807) is 0 Å². The molecular weight excluding hydrogens is 316 g/mol. The minimum atomic E-state index is -1.73. The molecule has 1 saturated heterocycles. The summed E-state index contributed by atoms with van der Waals surface area (Å²) >= 11 is 0. The SMILES string of the molecule is CC(C)(C)[Si](C)(C)OCc1ccccc1COC(C1CC1)[C@H]1CO1. The van der Waals surface area contributed by atoms with Crippen LogP contribution in [0, 0.1) is 5.92 Å². The maximum Gasteiger partial charge on any atom is 0.192 e. The smallest absolute Gasteiger partial charge is 0.192 e. The first kappa shape index (κ1) is 18.1. The lowest BCUT2D eigenvalue weighted by atomic mass is 10.1. The van der Waals surface area contributed by atoms with E-state index in [-0.39, 0.29) is 5.04 Å². The van der Waals surface area contributed by atoms with Gasteiger partial charge < -0.3 is 13.9 Å². The number of rotatable bonds is 8. The zero-order valence-electron chi connectivity index (χ0n) is 15.8. The second-order valence-electron chi connectivity index (χ2n) is 8.80. The van der Waals surface area contributed by atoms with Gasteiger partial charge in [-0.15, -0.1) is 0 Å². The normalized spacial score (nSPS) is 22.5. The van der Waals surface area contributed by atoms with Gasteiger partial charge in [-0.3, -0.25) is 0 Å². The van der Waals surface area contributed by atoms with E-state index in [4.69, 9.17) is 13.9 Å². The molecule has 0 amide bonds. The Bertz CT molecular complexity index is 544. The summed E-state index contributed by atoms with van der Waals surface area (Å²) in [7, 11) is -1.73. The molecule has 134 valence electrons. The highest BCUT2D eigenvalue weighted by Gasteiger charge is 2.43. The molecule has 0 radical (unpaired) electrons. The first-order valence-corrected chi connectivity index (χ1v) is 12.1. The molecule has 1 aliphatic carbocycles. The molecule has 1 saturated carbocycles. The summed E-state index contributed by atoms with van der Waals surface area (Å²) < 4.78 is 18.1. The Labute approximate surface area is 147 Å². The highest BCUT2D eigenvalue weighted by atomic mass is 28.4. The van der Waals surface area contributed by atoms with E-state index in [1.807, 2.05) is 0 Å². The van der Waals surface area contributed by atoms with Crippen LogP contribution < -0.4 is 0 Å². The number of benzene rings is 1. The molecule has 1 aromatic rings. The lowest BCUT2D eigenvalue weighted by molar-refractivity contribution is 0.00692. The highest BCUT2D eigenvalue weighted by Crippen LogP contribution is 2.40. The van der Waals surface area contributed by atoms with Crippen LogP contribution in [-0.4, -0.2) is 27.1 Å². The predicted octanol–water partition coefficient (Wildman–Crippen LogP) is 4.90. The average molecular weight is 349 g/mol. The monoisotopic (exact) mass is 348 g/mol. The summed E-state index contributed by atoms with van der Waals surface area (Å²) in [5, 5.41) is 0.235. The summed E-state index contributed by atoms with van der Waals surface area (Å²) in [5.74, 6) is 0.716. The molecule has 4 heteroatoms. The molecule has 0 aromatic heterocycles. The van der Waals surface area contributed by atoms with Crippen LogP contribution in [0.15, 0.2) is 24.3 Å². The van der Waals surface area contributed by atoms with E-state index >= 15 is 0 Å². The number of ether oxygens (including phenoxy) is 2. The fraction of sp³-hybridized carbons (Fsp3) is 0.700. The molecule has 3 rings (SSSR count). The van der Waals surface area contributed by atoms with Crippen molar-refractivity contribution in [2.75, 3.05) is 6.61 Å². The number of hydrogen-bond donors (Lipinski definition) is 0. The lowest BCUT2D eigenvalue weighted by Crippen LogP contribution is -2.40. The molecule has 2 aliphatic rings. The fourth-order valence-electron chi connectivity index (χ4n) is 2.72. The van der Waals surface area contributed by atoms with Crippen LogP contribution in [0.1, 0.15) is 44.7 Å². The third-order valence-electron chi connectivity index (χ3n) is 5.76. The van der Waals surface area contributed by atoms with Crippen LogP contribution in [-0.2, 0) is 27.1 Å². The summed E-state index contributed by atoms with van der Waals surface area (Å²) in [6.45, 7) is 13.7. The maximum absolute atomic E-state index is 6.41. The number of hydrogen-bond acceptors (Lipinski definition) is 3. The van der Waals surface area contributed by atoms with Crippen molar-refractivity contribution in [3.8, 4) is 0 Å². The summed E-state index contributed by atoms with van der Waals surface area (Å²) in [4.78, 5) is 0. The Morgan fingerprint density at radius 2 is 1.71 bits per heavy atom. The Morgan fingerprint density at radius 3 is 2.21 bits per heavy atom. The van der Waals surface area contributed by atoms with E-state index in [9.17, 15) is 0 Å². The molecule has 2 atom stereocenters. The van der Waals surface area contributed by atoms with Gasteiger partial charge in [-0.1, -0.05) is 45.0 Å². The van der Waals surface area contributed by atoms with Crippen LogP contribution in [0.25, 0.3) is 0 Å². The van der Waals surface area contributed by atoms with E-state index in [0.29, 0.717) is 31.3 Å². The van der Waals surface area contributed by atoms with Crippen LogP contribution in [0.4, 0.5) is 0 Å². The fourth-order valence-corrected chi connectivity index (χ4v) is 3.67. The molecular formula is C20H32O3Si. The largest absolute Gasteiger partial charge is 0.413 e. The van der Waals surface area contributed by atoms with Crippen LogP contribution in [0.2, 0.25) is 18.1 Å². The van der Waals surface area contributed by atoms with E-state index < -0.39 is 8.32 Å². The minimum Gasteiger partial charge on any atom is -0.413 e. The van der Waals surface area contributed by atoms with Crippen molar-refractivity contribution in [1.29, 1.82) is 0 Å². The third kappa shape index (κ3) is 4.48. The molecule has 1 aromatic carbocycles. The van der Waals surface area contributed by atoms with Gasteiger partial charge in [0.25, 0.3) is 0 Å². The molecule has 0 bridgehead atoms. The van der Waals surface area contributed by atoms with Gasteiger partial charge in [0.05, 0.1) is 25.9 Å². The van der Waals surface area contributed by atoms with Crippen molar-refractivity contribution in [2.45, 2.75) is 77.2 Å². The van der Waals surface area contributed by atoms with Crippen molar-refractivity contribution in [3.63, 3.8) is 0 Å². The molecule has 2 fully saturated rings. The third-order valence-corrected chi connectivity index (χ3v) is 10.2. The second kappa shape index (κ2) is 6.91. The Kier molecular flexibility index (Phi) is 5.21. The van der Waals surface area contributed by atoms with Gasteiger partial charge in [0.15, 0.2) is 8.32 Å². The zero-order valence-corrected chi connectivity index (χ0v) is 16.8. The second-order valence-corrected chi connectivity index (χ2v) is 13.6. The van der Waals surface area contributed by atoms with E-state index in [0.717, 1.165) is 6.61 Å². The van der Waals surface area contributed by atoms with Gasteiger partial charge in [0.1, 0.15) is 6.10 Å². The quantitative estimate of drug-likeness (QED) is 0.494. The standard InChI is InChI=1S/C20H32O3Si/c1-20(2,3)24(4,5)23-13-17-9-7-6-8-16(17)12-22-19(15-10-11-15)18-14-21-18/h6-9,15,18-19H,10-14H2,1-5H3/t18-,19?/m1/s1. The molecule has 1 heterocycles. The first-order chi connectivity index (χ1) is 11.3. The molecule has 24 heavy (non-hydrogen) atoms. The number of epoxide rings is 1. The molecule has 0 N–H and O–H groups in total. The topological polar surface area (TPSA) is 31.0 Å². The molecule has 3 nitrogen and oxygen atoms in total. The van der Waals surface area contributed by atoms with Gasteiger partial charge in [0, 0.05) is 0 Å². The van der Waals surface area contributed by atoms with Gasteiger partial charge >= 0.3 is 0 Å². The van der Waals surface area contributed by atoms with Crippen molar-refractivity contribution in [3.05, 3.63) is 35.4 Å². The summed E-state index contributed by atoms with van der Waals surface area (Å²) in [5.41, 5.74) is 2.51. The van der Waals surface area contributed by atoms with Gasteiger partial charge in [-0.2, -0.15) is 0 Å². The van der Waals surface area contributed by atoms with Crippen LogP contribution in [0.5, 0.6) is 0 Å². The Morgan fingerprint density at radius 1 is 1.12 bits per heavy atom. The summed E-state index contributed by atoms with van der Waals surface area (Å²) in [6, 6.07) is 8.53. The highest BCUT2D eigenvalue weighted by molar-refractivity contribution is 6.74. The van der Waals surface area contributed by atoms with Crippen LogP contribution in [0.3, 0.4) is 0 Å². The van der Waals surface area contributed by atoms with Gasteiger partial charge in [-0.05, 0) is 48.0 Å². The Hall–Kier alpha value is -0.683. The van der Waals surface area contributed by atoms with Crippen molar-refractivity contribution >= 4 is 8.32 Å². The van der Waals surface area contributed by atoms with Crippen molar-refractivity contribution < 1.29 is 13.9 Å². The summed E-state index contributed by atoms with van der Waals surface area (Å²) in [6.07, 6.45) is 3.22. The lowest BCUT2D eigenvalue weighted by Gasteiger charge is -2.36. The van der Waals surface area contributed by atoms with Crippen molar-refractivity contribution in [1.82, 2.24) is 0 Å². The molecule has 1 unspecified atom stereocenters. The Balaban J connectivity index is 1.60. The predicted molar refractivity (Wildman–Crippen MR) is 99.5 cm³/mol. The zero-order chi connectivity index (χ0) is 17.4. The van der Waals surface area contributed by atoms with Crippen LogP contribution >= 0.6 is 0 Å². The van der Waals surface area contributed by atoms with E-state index in [2.05, 4.69) is 58.1 Å². The maximum atomic E-state index is 6.41. The molecule has 1 aliphatic heterocycles. The van der Waals surface area contributed by atoms with E-state index in [1.165, 1.54) is 24.0 Å². The molecule has 0 spiro atoms. The average Bonchev–Trinajstić information content (AvgIpc) is 3.38. The first-order valence-electron chi connectivity index (χ1n) is 9.22. The van der Waals surface area contributed by atoms with Gasteiger partial charge in [0.2, 0.25) is 0 Å². The minimum absolute atomic E-state index is 0.235. The van der Waals surface area contributed by atoms with Crippen molar-refractivity contribution in [2.24, 2.45) is 5.92 Å². The van der Waals surface area contributed by atoms with Gasteiger partial charge in [-0.25, -0.2) is 0 Å².